The van der Waals surface area contributed by atoms with Gasteiger partial charge in [-0.15, -0.1) is 0 Å². The first kappa shape index (κ1) is 18.5. The predicted octanol–water partition coefficient (Wildman–Crippen LogP) is 6.22. The highest BCUT2D eigenvalue weighted by Crippen LogP contribution is 2.22. The van der Waals surface area contributed by atoms with Crippen molar-refractivity contribution in [3.8, 4) is 0 Å². The van der Waals surface area contributed by atoms with E-state index < -0.39 is 0 Å². The summed E-state index contributed by atoms with van der Waals surface area (Å²) in [6.07, 6.45) is 24.9. The molecular formula is C20H38N+. The first-order chi connectivity index (χ1) is 10.2. The molecule has 0 N–H and O–H groups in total. The third kappa shape index (κ3) is 7.31. The second kappa shape index (κ2) is 11.1. The summed E-state index contributed by atoms with van der Waals surface area (Å²) in [5.74, 6) is 0. The first-order valence-corrected chi connectivity index (χ1v) is 9.44. The molecule has 1 aliphatic rings. The minimum absolute atomic E-state index is 0.703. The highest BCUT2D eigenvalue weighted by atomic mass is 15.3. The molecule has 21 heavy (non-hydrogen) atoms. The Bertz CT molecular complexity index is 305. The molecule has 122 valence electrons. The summed E-state index contributed by atoms with van der Waals surface area (Å²) in [6, 6.07) is 0.703. The fraction of sp³-hybridized carbons (Fsp3) is 0.800. The van der Waals surface area contributed by atoms with E-state index in [2.05, 4.69) is 45.3 Å². The quantitative estimate of drug-likeness (QED) is 0.296. The molecule has 2 unspecified atom stereocenters. The molecule has 2 atom stereocenters. The van der Waals surface area contributed by atoms with Gasteiger partial charge in [0.25, 0.3) is 0 Å². The van der Waals surface area contributed by atoms with Gasteiger partial charge in [-0.05, 0) is 25.5 Å². The monoisotopic (exact) mass is 292 g/mol. The first-order valence-electron chi connectivity index (χ1n) is 9.44. The molecule has 0 saturated heterocycles. The fourth-order valence-electron chi connectivity index (χ4n) is 3.32. The summed E-state index contributed by atoms with van der Waals surface area (Å²) in [5, 5.41) is 0. The number of quaternary nitrogens is 1. The highest BCUT2D eigenvalue weighted by molar-refractivity contribution is 5.07. The second-order valence-electron chi connectivity index (χ2n) is 6.93. The predicted molar refractivity (Wildman–Crippen MR) is 95.3 cm³/mol. The molecule has 1 rings (SSSR count). The molecule has 1 nitrogen and oxygen atoms in total. The Morgan fingerprint density at radius 1 is 0.762 bits per heavy atom. The molecule has 0 aliphatic carbocycles. The van der Waals surface area contributed by atoms with Crippen LogP contribution in [0.1, 0.15) is 84.5 Å². The zero-order valence-electron chi connectivity index (χ0n) is 14.8. The average Bonchev–Trinajstić information content (AvgIpc) is 2.51. The second-order valence-corrected chi connectivity index (χ2v) is 6.93. The van der Waals surface area contributed by atoms with Gasteiger partial charge in [0.1, 0.15) is 6.04 Å². The normalized spacial score (nSPS) is 24.6. The van der Waals surface area contributed by atoms with Gasteiger partial charge in [-0.25, -0.2) is 0 Å². The summed E-state index contributed by atoms with van der Waals surface area (Å²) in [4.78, 5) is 0. The molecule has 0 spiro atoms. The van der Waals surface area contributed by atoms with Crippen LogP contribution in [0, 0.1) is 0 Å². The van der Waals surface area contributed by atoms with Gasteiger partial charge in [0.05, 0.1) is 19.8 Å². The van der Waals surface area contributed by atoms with Crippen molar-refractivity contribution in [2.45, 2.75) is 90.5 Å². The van der Waals surface area contributed by atoms with E-state index in [0.717, 1.165) is 4.48 Å². The molecule has 0 bridgehead atoms. The van der Waals surface area contributed by atoms with E-state index in [0.29, 0.717) is 6.04 Å². The summed E-state index contributed by atoms with van der Waals surface area (Å²) in [5.41, 5.74) is 0. The van der Waals surface area contributed by atoms with Crippen LogP contribution in [0.15, 0.2) is 24.4 Å². The van der Waals surface area contributed by atoms with Gasteiger partial charge in [-0.2, -0.15) is 0 Å². The molecular weight excluding hydrogens is 254 g/mol. The Morgan fingerprint density at radius 3 is 1.90 bits per heavy atom. The van der Waals surface area contributed by atoms with Crippen molar-refractivity contribution >= 4 is 0 Å². The van der Waals surface area contributed by atoms with Crippen LogP contribution in [0.5, 0.6) is 0 Å². The van der Waals surface area contributed by atoms with Crippen molar-refractivity contribution in [2.24, 2.45) is 0 Å². The van der Waals surface area contributed by atoms with Crippen molar-refractivity contribution < 1.29 is 4.48 Å². The Labute approximate surface area is 133 Å². The Kier molecular flexibility index (Phi) is 9.74. The Hall–Kier alpha value is -0.560. The Morgan fingerprint density at radius 2 is 1.33 bits per heavy atom. The lowest BCUT2D eigenvalue weighted by molar-refractivity contribution is -0.877. The smallest absolute Gasteiger partial charge is 0.112 e. The molecule has 1 aliphatic heterocycles. The summed E-state index contributed by atoms with van der Waals surface area (Å²) in [6.45, 7) is 5.79. The molecule has 1 heterocycles. The van der Waals surface area contributed by atoms with Crippen LogP contribution in [0.3, 0.4) is 0 Å². The number of rotatable bonds is 12. The van der Waals surface area contributed by atoms with Gasteiger partial charge in [-0.1, -0.05) is 70.8 Å². The van der Waals surface area contributed by atoms with E-state index in [1.165, 1.54) is 77.2 Å². The van der Waals surface area contributed by atoms with Crippen LogP contribution in [0.25, 0.3) is 0 Å². The number of hydrogen-bond acceptors (Lipinski definition) is 0. The van der Waals surface area contributed by atoms with Crippen LogP contribution in [-0.4, -0.2) is 24.1 Å². The van der Waals surface area contributed by atoms with E-state index >= 15 is 0 Å². The van der Waals surface area contributed by atoms with E-state index in [4.69, 9.17) is 0 Å². The summed E-state index contributed by atoms with van der Waals surface area (Å²) < 4.78 is 1.09. The van der Waals surface area contributed by atoms with Crippen molar-refractivity contribution in [3.05, 3.63) is 24.4 Å². The number of unbranched alkanes of at least 4 members (excludes halogenated alkanes) is 9. The van der Waals surface area contributed by atoms with E-state index in [-0.39, 0.29) is 0 Å². The molecule has 0 radical (unpaired) electrons. The van der Waals surface area contributed by atoms with Crippen LogP contribution in [-0.2, 0) is 0 Å². The summed E-state index contributed by atoms with van der Waals surface area (Å²) >= 11 is 0. The van der Waals surface area contributed by atoms with Gasteiger partial charge in [0.2, 0.25) is 0 Å². The van der Waals surface area contributed by atoms with Crippen molar-refractivity contribution in [1.29, 1.82) is 0 Å². The standard InChI is InChI=1S/C20H38N/c1-4-6-7-8-9-10-11-12-13-14-17-20-18-15-16-19-21(20,3)5-2/h15-16,18-20H,4-14,17H2,1-3H3/q+1. The van der Waals surface area contributed by atoms with Gasteiger partial charge in [0, 0.05) is 6.42 Å². The highest BCUT2D eigenvalue weighted by Gasteiger charge is 2.27. The van der Waals surface area contributed by atoms with E-state index in [1.807, 2.05) is 0 Å². The average molecular weight is 293 g/mol. The van der Waals surface area contributed by atoms with Crippen LogP contribution in [0.2, 0.25) is 0 Å². The molecule has 0 saturated carbocycles. The maximum atomic E-state index is 2.41. The topological polar surface area (TPSA) is 0 Å². The maximum Gasteiger partial charge on any atom is 0.112 e. The third-order valence-corrected chi connectivity index (χ3v) is 5.16. The molecule has 0 aromatic carbocycles. The lowest BCUT2D eigenvalue weighted by atomic mass is 10.0. The lowest BCUT2D eigenvalue weighted by Gasteiger charge is -2.37. The minimum atomic E-state index is 0.703. The third-order valence-electron chi connectivity index (χ3n) is 5.16. The zero-order valence-corrected chi connectivity index (χ0v) is 14.8. The molecule has 1 heteroatoms. The van der Waals surface area contributed by atoms with Crippen molar-refractivity contribution in [1.82, 2.24) is 0 Å². The number of allylic oxidation sites excluding steroid dienone is 2. The minimum Gasteiger partial charge on any atom is -0.294 e. The van der Waals surface area contributed by atoms with Gasteiger partial charge >= 0.3 is 0 Å². The fourth-order valence-corrected chi connectivity index (χ4v) is 3.32. The molecule has 0 aromatic heterocycles. The van der Waals surface area contributed by atoms with Crippen LogP contribution < -0.4 is 0 Å². The van der Waals surface area contributed by atoms with Gasteiger partial charge < -0.3 is 0 Å². The molecule has 0 amide bonds. The van der Waals surface area contributed by atoms with Crippen LogP contribution in [0.4, 0.5) is 0 Å². The molecule has 0 aromatic rings. The zero-order chi connectivity index (χ0) is 15.4. The van der Waals surface area contributed by atoms with Crippen molar-refractivity contribution in [3.63, 3.8) is 0 Å². The Balaban J connectivity index is 1.99. The largest absolute Gasteiger partial charge is 0.294 e. The van der Waals surface area contributed by atoms with Gasteiger partial charge in [-0.3, -0.25) is 4.48 Å². The number of likely N-dealkylation sites (N-methyl/N-ethyl adjacent to an activating group) is 1. The maximum absolute atomic E-state index is 2.41. The SMILES string of the molecule is CCCCCCCCCCCCC1C=CC=C[N+]1(C)CC. The van der Waals surface area contributed by atoms with Crippen LogP contribution >= 0.6 is 0 Å². The van der Waals surface area contributed by atoms with E-state index in [1.54, 1.807) is 0 Å². The van der Waals surface area contributed by atoms with Crippen molar-refractivity contribution in [2.75, 3.05) is 13.6 Å². The van der Waals surface area contributed by atoms with Gasteiger partial charge in [0.15, 0.2) is 0 Å². The number of hydrogen-bond donors (Lipinski definition) is 0. The molecule has 0 fully saturated rings. The number of nitrogens with zero attached hydrogens (tertiary/aromatic N) is 1. The summed E-state index contributed by atoms with van der Waals surface area (Å²) in [7, 11) is 2.36. The lowest BCUT2D eigenvalue weighted by Crippen LogP contribution is -2.47. The van der Waals surface area contributed by atoms with E-state index in [9.17, 15) is 0 Å².